The van der Waals surface area contributed by atoms with Gasteiger partial charge in [0.05, 0.1) is 5.60 Å². The normalized spacial score (nSPS) is 14.6. The summed E-state index contributed by atoms with van der Waals surface area (Å²) in [6.07, 6.45) is 0.991. The van der Waals surface area contributed by atoms with Crippen LogP contribution in [0, 0.1) is 5.41 Å². The van der Waals surface area contributed by atoms with E-state index >= 15 is 0 Å². The van der Waals surface area contributed by atoms with Gasteiger partial charge in [0.15, 0.2) is 0 Å². The molecule has 0 unspecified atom stereocenters. The molecule has 0 atom stereocenters. The second-order valence-electron chi connectivity index (χ2n) is 6.78. The average molecular weight is 218 g/mol. The number of rotatable bonds is 4. The minimum absolute atomic E-state index is 0.196. The van der Waals surface area contributed by atoms with Crippen LogP contribution in [-0.4, -0.2) is 13.9 Å². The van der Waals surface area contributed by atoms with E-state index in [1.54, 1.807) is 0 Å². The molecule has 0 aliphatic rings. The molecule has 0 rings (SSSR count). The van der Waals surface area contributed by atoms with Crippen molar-refractivity contribution in [3.05, 3.63) is 0 Å². The maximum Gasteiger partial charge on any atom is 0.230 e. The Morgan fingerprint density at radius 3 is 1.64 bits per heavy atom. The number of hydrogen-bond donors (Lipinski definition) is 0. The Bertz CT molecular complexity index is 175. The minimum atomic E-state index is -1.56. The zero-order valence-corrected chi connectivity index (χ0v) is 12.0. The summed E-state index contributed by atoms with van der Waals surface area (Å²) in [5, 5.41) is 0. The fourth-order valence-electron chi connectivity index (χ4n) is 1.54. The van der Waals surface area contributed by atoms with Crippen molar-refractivity contribution in [2.75, 3.05) is 0 Å². The highest BCUT2D eigenvalue weighted by Crippen LogP contribution is 2.30. The van der Waals surface area contributed by atoms with Crippen molar-refractivity contribution in [3.63, 3.8) is 0 Å². The second-order valence-corrected chi connectivity index (χ2v) is 11.2. The van der Waals surface area contributed by atoms with Crippen molar-refractivity contribution in [2.24, 2.45) is 5.41 Å². The van der Waals surface area contributed by atoms with Crippen molar-refractivity contribution >= 4 is 8.32 Å². The molecule has 86 valence electrons. The smallest absolute Gasteiger partial charge is 0.230 e. The van der Waals surface area contributed by atoms with Crippen LogP contribution in [0.25, 0.3) is 0 Å². The monoisotopic (exact) mass is 218 g/mol. The Labute approximate surface area is 90.0 Å². The maximum absolute atomic E-state index is 5.53. The van der Waals surface area contributed by atoms with Gasteiger partial charge in [0.25, 0.3) is 0 Å². The average Bonchev–Trinajstić information content (AvgIpc) is 1.76. The van der Waals surface area contributed by atoms with E-state index in [9.17, 15) is 0 Å². The molecule has 3 heteroatoms. The first-order chi connectivity index (χ1) is 5.91. The zero-order valence-electron chi connectivity index (χ0n) is 11.0. The first-order valence-corrected chi connectivity index (χ1v) is 8.69. The van der Waals surface area contributed by atoms with Gasteiger partial charge in [-0.3, -0.25) is 4.58 Å². The van der Waals surface area contributed by atoms with E-state index in [4.69, 9.17) is 9.46 Å². The summed E-state index contributed by atoms with van der Waals surface area (Å²) in [5.74, 6) is 0. The third-order valence-corrected chi connectivity index (χ3v) is 2.06. The zero-order chi connectivity index (χ0) is 11.6. The van der Waals surface area contributed by atoms with Crippen LogP contribution in [0.2, 0.25) is 19.6 Å². The molecule has 0 bridgehead atoms. The Hall–Kier alpha value is 0.137. The van der Waals surface area contributed by atoms with Gasteiger partial charge in [0, 0.05) is 0 Å². The van der Waals surface area contributed by atoms with Crippen LogP contribution in [-0.2, 0) is 9.46 Å². The topological polar surface area (TPSA) is 18.5 Å². The Balaban J connectivity index is 4.09. The second kappa shape index (κ2) is 4.33. The number of hydrogen-bond acceptors (Lipinski definition) is 2. The molecule has 2 nitrogen and oxygen atoms in total. The lowest BCUT2D eigenvalue weighted by molar-refractivity contribution is -0.297. The fourth-order valence-corrected chi connectivity index (χ4v) is 2.02. The summed E-state index contributed by atoms with van der Waals surface area (Å²) in [7, 11) is -1.56. The van der Waals surface area contributed by atoms with Gasteiger partial charge in [-0.2, -0.15) is 0 Å². The van der Waals surface area contributed by atoms with Gasteiger partial charge in [-0.1, -0.05) is 20.8 Å². The molecule has 14 heavy (non-hydrogen) atoms. The van der Waals surface area contributed by atoms with Crippen molar-refractivity contribution in [1.82, 2.24) is 0 Å². The lowest BCUT2D eigenvalue weighted by Gasteiger charge is -2.33. The Morgan fingerprint density at radius 2 is 1.36 bits per heavy atom. The molecule has 0 saturated carbocycles. The van der Waals surface area contributed by atoms with E-state index in [0.717, 1.165) is 6.42 Å². The summed E-state index contributed by atoms with van der Waals surface area (Å²) >= 11 is 0. The van der Waals surface area contributed by atoms with E-state index in [1.165, 1.54) is 0 Å². The summed E-state index contributed by atoms with van der Waals surface area (Å²) in [4.78, 5) is 5.53. The fraction of sp³-hybridized carbons (Fsp3) is 1.00. The maximum atomic E-state index is 5.53. The van der Waals surface area contributed by atoms with Gasteiger partial charge in [-0.15, -0.1) is 0 Å². The third kappa shape index (κ3) is 8.72. The first-order valence-electron chi connectivity index (χ1n) is 5.28. The van der Waals surface area contributed by atoms with Crippen molar-refractivity contribution in [3.8, 4) is 0 Å². The van der Waals surface area contributed by atoms with E-state index in [1.807, 2.05) is 0 Å². The predicted octanol–water partition coefficient (Wildman–Crippen LogP) is 3.98. The molecule has 0 radical (unpaired) electrons. The minimum Gasteiger partial charge on any atom is -0.287 e. The molecule has 0 aromatic carbocycles. The molecule has 0 fully saturated rings. The first kappa shape index (κ1) is 14.1. The molecule has 0 aromatic heterocycles. The summed E-state index contributed by atoms with van der Waals surface area (Å²) in [5.41, 5.74) is 0.0742. The van der Waals surface area contributed by atoms with Gasteiger partial charge in [0.1, 0.15) is 0 Å². The van der Waals surface area contributed by atoms with Crippen molar-refractivity contribution < 1.29 is 9.46 Å². The molecule has 0 N–H and O–H groups in total. The van der Waals surface area contributed by atoms with E-state index < -0.39 is 8.32 Å². The standard InChI is InChI=1S/C11H26O2Si/c1-10(2,3)9-11(4,5)12-13-14(6,7)8/h9H2,1-8H3. The van der Waals surface area contributed by atoms with Gasteiger partial charge in [0.2, 0.25) is 8.32 Å². The quantitative estimate of drug-likeness (QED) is 0.403. The van der Waals surface area contributed by atoms with E-state index in [0.29, 0.717) is 0 Å². The van der Waals surface area contributed by atoms with Gasteiger partial charge < -0.3 is 0 Å². The molecule has 0 amide bonds. The molecule has 0 aliphatic heterocycles. The lowest BCUT2D eigenvalue weighted by atomic mass is 9.84. The SMILES string of the molecule is CC(C)(C)CC(C)(C)OO[Si](C)(C)C. The van der Waals surface area contributed by atoms with Crippen LogP contribution in [0.5, 0.6) is 0 Å². The molecular weight excluding hydrogens is 192 g/mol. The van der Waals surface area contributed by atoms with Crippen LogP contribution in [0.3, 0.4) is 0 Å². The molecule has 0 aliphatic carbocycles. The Kier molecular flexibility index (Phi) is 4.37. The van der Waals surface area contributed by atoms with Gasteiger partial charge in [-0.25, -0.2) is 4.89 Å². The molecule has 0 aromatic rings. The molecule has 0 spiro atoms. The summed E-state index contributed by atoms with van der Waals surface area (Å²) < 4.78 is 5.48. The van der Waals surface area contributed by atoms with Gasteiger partial charge in [-0.05, 0) is 45.3 Å². The summed E-state index contributed by atoms with van der Waals surface area (Å²) in [6.45, 7) is 17.2. The lowest BCUT2D eigenvalue weighted by Crippen LogP contribution is -2.36. The van der Waals surface area contributed by atoms with Crippen LogP contribution in [0.15, 0.2) is 0 Å². The van der Waals surface area contributed by atoms with Crippen LogP contribution in [0.4, 0.5) is 0 Å². The van der Waals surface area contributed by atoms with E-state index in [2.05, 4.69) is 54.3 Å². The van der Waals surface area contributed by atoms with Crippen LogP contribution < -0.4 is 0 Å². The highest BCUT2D eigenvalue weighted by molar-refractivity contribution is 6.69. The molecule has 0 heterocycles. The van der Waals surface area contributed by atoms with Gasteiger partial charge >= 0.3 is 0 Å². The highest BCUT2D eigenvalue weighted by Gasteiger charge is 2.29. The highest BCUT2D eigenvalue weighted by atomic mass is 28.4. The summed E-state index contributed by atoms with van der Waals surface area (Å²) in [6, 6.07) is 0. The third-order valence-electron chi connectivity index (χ3n) is 1.47. The molecular formula is C11H26O2Si. The Morgan fingerprint density at radius 1 is 0.929 bits per heavy atom. The predicted molar refractivity (Wildman–Crippen MR) is 63.7 cm³/mol. The van der Waals surface area contributed by atoms with Crippen molar-refractivity contribution in [1.29, 1.82) is 0 Å². The van der Waals surface area contributed by atoms with E-state index in [-0.39, 0.29) is 11.0 Å². The largest absolute Gasteiger partial charge is 0.287 e. The van der Waals surface area contributed by atoms with Crippen LogP contribution >= 0.6 is 0 Å². The van der Waals surface area contributed by atoms with Crippen LogP contribution in [0.1, 0.15) is 41.0 Å². The van der Waals surface area contributed by atoms with Crippen molar-refractivity contribution in [2.45, 2.75) is 66.3 Å². The molecule has 0 saturated heterocycles.